The van der Waals surface area contributed by atoms with Crippen molar-refractivity contribution in [1.82, 2.24) is 0 Å². The van der Waals surface area contributed by atoms with Crippen LogP contribution in [0.4, 0.5) is 0 Å². The predicted molar refractivity (Wildman–Crippen MR) is 47.2 cm³/mol. The standard InChI is InChI=1S/C3H6OS2.C3H7.Zn/c1-2-4-3(5)6;1-3-2;/h2H2,1H3,(H,5,6);1,3H2,2H3;/q;-1;+2/p-1. The van der Waals surface area contributed by atoms with Gasteiger partial charge in [0.2, 0.25) is 0 Å². The van der Waals surface area contributed by atoms with Crippen molar-refractivity contribution in [2.24, 2.45) is 0 Å². The second-order valence-electron chi connectivity index (χ2n) is 1.18. The van der Waals surface area contributed by atoms with Gasteiger partial charge in [0, 0.05) is 4.38 Å². The van der Waals surface area contributed by atoms with Gasteiger partial charge in [-0.3, -0.25) is 0 Å². The van der Waals surface area contributed by atoms with E-state index in [1.54, 1.807) is 0 Å². The van der Waals surface area contributed by atoms with Gasteiger partial charge in [0.25, 0.3) is 0 Å². The van der Waals surface area contributed by atoms with Crippen LogP contribution in [-0.4, -0.2) is 11.0 Å². The second-order valence-corrected chi connectivity index (χ2v) is 2.18. The Bertz CT molecular complexity index is 68.8. The quantitative estimate of drug-likeness (QED) is 0.295. The third-order valence-electron chi connectivity index (χ3n) is 0.262. The minimum Gasteiger partial charge on any atom is -0.514 e. The zero-order valence-corrected chi connectivity index (χ0v) is 11.2. The summed E-state index contributed by atoms with van der Waals surface area (Å²) >= 11 is 8.77. The van der Waals surface area contributed by atoms with Gasteiger partial charge < -0.3 is 36.5 Å². The van der Waals surface area contributed by atoms with Crippen molar-refractivity contribution in [3.05, 3.63) is 6.92 Å². The molecule has 0 rings (SSSR count). The first-order valence-corrected chi connectivity index (χ1v) is 3.63. The summed E-state index contributed by atoms with van der Waals surface area (Å²) in [5.41, 5.74) is 0. The van der Waals surface area contributed by atoms with Crippen molar-refractivity contribution in [3.63, 3.8) is 0 Å². The number of ether oxygens (including phenoxy) is 1. The Labute approximate surface area is 87.1 Å². The van der Waals surface area contributed by atoms with Gasteiger partial charge in [-0.05, 0) is 6.92 Å². The monoisotopic (exact) mass is 228 g/mol. The molecule has 1 nitrogen and oxygen atoms in total. The van der Waals surface area contributed by atoms with E-state index >= 15 is 0 Å². The largest absolute Gasteiger partial charge is 2.00 e. The van der Waals surface area contributed by atoms with Crippen molar-refractivity contribution in [3.8, 4) is 0 Å². The maximum atomic E-state index is 4.59. The molecular formula is C6H12OS2Zn. The summed E-state index contributed by atoms with van der Waals surface area (Å²) in [6, 6.07) is 0. The Hall–Kier alpha value is 0.733. The molecule has 0 unspecified atom stereocenters. The minimum atomic E-state index is 0. The molecule has 0 radical (unpaired) electrons. The van der Waals surface area contributed by atoms with E-state index in [0.717, 1.165) is 6.42 Å². The van der Waals surface area contributed by atoms with Crippen LogP contribution in [-0.2, 0) is 36.8 Å². The van der Waals surface area contributed by atoms with Gasteiger partial charge in [-0.25, -0.2) is 0 Å². The molecule has 0 N–H and O–H groups in total. The fourth-order valence-electron chi connectivity index (χ4n) is 0.118. The molecule has 0 aliphatic heterocycles. The van der Waals surface area contributed by atoms with Crippen molar-refractivity contribution in [2.75, 3.05) is 6.61 Å². The van der Waals surface area contributed by atoms with E-state index in [2.05, 4.69) is 36.5 Å². The second kappa shape index (κ2) is 16.4. The molecule has 0 saturated heterocycles. The topological polar surface area (TPSA) is 9.23 Å². The molecule has 0 aromatic heterocycles. The Morgan fingerprint density at radius 2 is 1.90 bits per heavy atom. The number of hydrogen-bond acceptors (Lipinski definition) is 3. The van der Waals surface area contributed by atoms with Crippen LogP contribution in [0.1, 0.15) is 20.3 Å². The molecule has 56 valence electrons. The van der Waals surface area contributed by atoms with Crippen LogP contribution >= 0.6 is 12.2 Å². The molecule has 4 heteroatoms. The van der Waals surface area contributed by atoms with Gasteiger partial charge in [0.15, 0.2) is 0 Å². The van der Waals surface area contributed by atoms with Gasteiger partial charge >= 0.3 is 19.5 Å². The predicted octanol–water partition coefficient (Wildman–Crippen LogP) is 2.08. The number of hydrogen-bond donors (Lipinski definition) is 0. The van der Waals surface area contributed by atoms with E-state index in [-0.39, 0.29) is 23.9 Å². The van der Waals surface area contributed by atoms with E-state index in [1.165, 1.54) is 0 Å². The summed E-state index contributed by atoms with van der Waals surface area (Å²) in [5.74, 6) is 0. The fraction of sp³-hybridized carbons (Fsp3) is 0.667. The third kappa shape index (κ3) is 37.5. The van der Waals surface area contributed by atoms with E-state index < -0.39 is 0 Å². The van der Waals surface area contributed by atoms with Crippen molar-refractivity contribution in [1.29, 1.82) is 0 Å². The van der Waals surface area contributed by atoms with Crippen LogP contribution in [0.3, 0.4) is 0 Å². The number of thiocarbonyl (C=S) groups is 1. The van der Waals surface area contributed by atoms with Gasteiger partial charge in [-0.2, -0.15) is 6.42 Å². The van der Waals surface area contributed by atoms with E-state index in [0.29, 0.717) is 6.61 Å². The zero-order chi connectivity index (χ0) is 7.70. The van der Waals surface area contributed by atoms with Crippen LogP contribution in [0.5, 0.6) is 0 Å². The molecule has 0 aromatic rings. The first kappa shape index (κ1) is 17.0. The summed E-state index contributed by atoms with van der Waals surface area (Å²) < 4.78 is 4.79. The summed E-state index contributed by atoms with van der Waals surface area (Å²) in [5, 5.41) is 0. The first-order chi connectivity index (χ1) is 4.18. The van der Waals surface area contributed by atoms with Crippen molar-refractivity contribution < 1.29 is 24.2 Å². The molecule has 0 saturated carbocycles. The van der Waals surface area contributed by atoms with Crippen LogP contribution in [0.25, 0.3) is 0 Å². The summed E-state index contributed by atoms with van der Waals surface area (Å²) in [7, 11) is 0. The Morgan fingerprint density at radius 1 is 1.60 bits per heavy atom. The molecule has 0 atom stereocenters. The third-order valence-corrected chi connectivity index (χ3v) is 0.498. The molecule has 10 heavy (non-hydrogen) atoms. The smallest absolute Gasteiger partial charge is 0.514 e. The maximum Gasteiger partial charge on any atom is 2.00 e. The van der Waals surface area contributed by atoms with Crippen molar-refractivity contribution in [2.45, 2.75) is 20.3 Å². The maximum absolute atomic E-state index is 4.59. The van der Waals surface area contributed by atoms with E-state index in [1.807, 2.05) is 13.8 Å². The summed E-state index contributed by atoms with van der Waals surface area (Å²) in [4.78, 5) is 0. The van der Waals surface area contributed by atoms with Crippen LogP contribution in [0.15, 0.2) is 0 Å². The Balaban J connectivity index is -0.000000107. The minimum absolute atomic E-state index is 0. The fourth-order valence-corrected chi connectivity index (χ4v) is 0.354. The molecule has 0 spiro atoms. The molecular weight excluding hydrogens is 218 g/mol. The molecule has 0 aliphatic carbocycles. The number of rotatable bonds is 1. The Kier molecular flexibility index (Phi) is 27.8. The molecule has 0 bridgehead atoms. The van der Waals surface area contributed by atoms with E-state index in [4.69, 9.17) is 0 Å². The van der Waals surface area contributed by atoms with Crippen LogP contribution in [0, 0.1) is 6.92 Å². The zero-order valence-electron chi connectivity index (χ0n) is 6.55. The van der Waals surface area contributed by atoms with Crippen molar-refractivity contribution >= 4 is 29.2 Å². The molecule has 0 heterocycles. The molecule has 0 amide bonds. The van der Waals surface area contributed by atoms with Gasteiger partial charge in [0.1, 0.15) is 0 Å². The van der Waals surface area contributed by atoms with Gasteiger partial charge in [-0.15, -0.1) is 0 Å². The van der Waals surface area contributed by atoms with Crippen LogP contribution in [0.2, 0.25) is 0 Å². The molecule has 0 fully saturated rings. The van der Waals surface area contributed by atoms with Crippen LogP contribution < -0.4 is 0 Å². The first-order valence-electron chi connectivity index (χ1n) is 2.82. The average molecular weight is 230 g/mol. The van der Waals surface area contributed by atoms with Gasteiger partial charge in [-0.1, -0.05) is 6.92 Å². The molecule has 0 aliphatic rings. The summed E-state index contributed by atoms with van der Waals surface area (Å²) in [6.45, 7) is 7.93. The van der Waals surface area contributed by atoms with Gasteiger partial charge in [0.05, 0.1) is 6.61 Å². The SMILES string of the molecule is CCOC(=S)[S-].[CH2-]CC.[Zn+2]. The normalized spacial score (nSPS) is 6.30. The summed E-state index contributed by atoms with van der Waals surface area (Å²) in [6.07, 6.45) is 1.00. The molecule has 0 aromatic carbocycles. The Morgan fingerprint density at radius 3 is 1.90 bits per heavy atom. The average Bonchev–Trinajstić information content (AvgIpc) is 1.67. The van der Waals surface area contributed by atoms with E-state index in [9.17, 15) is 0 Å².